The number of carbonyl (C=O) groups is 1. The number of carbonyl (C=O) groups excluding carboxylic acids is 1. The molecule has 0 aliphatic carbocycles. The predicted octanol–water partition coefficient (Wildman–Crippen LogP) is -0.545. The van der Waals surface area contributed by atoms with Gasteiger partial charge in [0.1, 0.15) is 0 Å². The van der Waals surface area contributed by atoms with Crippen molar-refractivity contribution in [2.24, 2.45) is 4.99 Å². The van der Waals surface area contributed by atoms with Crippen LogP contribution < -0.4 is 5.32 Å². The van der Waals surface area contributed by atoms with Gasteiger partial charge in [-0.05, 0) is 6.92 Å². The molecule has 1 N–H and O–H groups in total. The molecule has 5 heteroatoms. The molecule has 1 amide bonds. The van der Waals surface area contributed by atoms with Gasteiger partial charge < -0.3 is 10.1 Å². The molecule has 1 aliphatic rings. The lowest BCUT2D eigenvalue weighted by Gasteiger charge is -2.07. The van der Waals surface area contributed by atoms with Crippen LogP contribution in [0.4, 0.5) is 0 Å². The number of hydrogen-bond donors (Lipinski definition) is 1. The van der Waals surface area contributed by atoms with Crippen molar-refractivity contribution in [1.82, 2.24) is 10.1 Å². The number of rotatable bonds is 3. The predicted molar refractivity (Wildman–Crippen MR) is 59.6 cm³/mol. The van der Waals surface area contributed by atoms with Gasteiger partial charge in [-0.1, -0.05) is 6.08 Å². The highest BCUT2D eigenvalue weighted by molar-refractivity contribution is 6.26. The van der Waals surface area contributed by atoms with E-state index in [9.17, 15) is 4.79 Å². The maximum Gasteiger partial charge on any atom is 0.245 e. The van der Waals surface area contributed by atoms with Crippen LogP contribution in [0.15, 0.2) is 28.5 Å². The Bertz CT molecular complexity index is 320. The van der Waals surface area contributed by atoms with E-state index < -0.39 is 0 Å². The second-order valence-electron chi connectivity index (χ2n) is 3.06. The van der Waals surface area contributed by atoms with Crippen LogP contribution in [0.5, 0.6) is 0 Å². The van der Waals surface area contributed by atoms with E-state index in [1.54, 1.807) is 25.2 Å². The van der Waals surface area contributed by atoms with E-state index in [2.05, 4.69) is 10.3 Å². The average Bonchev–Trinajstić information content (AvgIpc) is 2.45. The molecule has 0 saturated heterocycles. The Labute approximate surface area is 84.8 Å². The molecule has 1 heterocycles. The minimum Gasteiger partial charge on any atom is -0.389 e. The Kier molecular flexibility index (Phi) is 3.51. The lowest BCUT2D eigenvalue weighted by Crippen LogP contribution is -2.24. The van der Waals surface area contributed by atoms with Crippen molar-refractivity contribution in [3.8, 4) is 0 Å². The van der Waals surface area contributed by atoms with Crippen LogP contribution >= 0.6 is 0 Å². The molecule has 0 radical (unpaired) electrons. The zero-order valence-electron chi connectivity index (χ0n) is 8.74. The molecule has 0 unspecified atom stereocenters. The molecular formula is C9H14BN3O. The number of allylic oxidation sites excluding steroid dienone is 1. The van der Waals surface area contributed by atoms with Crippen LogP contribution in [0, 0.1) is 0 Å². The highest BCUT2D eigenvalue weighted by Gasteiger charge is 2.24. The molecule has 1 aliphatic heterocycles. The van der Waals surface area contributed by atoms with Gasteiger partial charge in [-0.2, -0.15) is 0 Å². The van der Waals surface area contributed by atoms with E-state index in [1.807, 2.05) is 20.0 Å². The number of likely N-dealkylation sites (N-methyl/N-ethyl adjacent to an activating group) is 1. The van der Waals surface area contributed by atoms with E-state index in [0.29, 0.717) is 12.1 Å². The van der Waals surface area contributed by atoms with Crippen molar-refractivity contribution in [2.45, 2.75) is 6.92 Å². The molecule has 74 valence electrons. The number of amides is 1. The smallest absolute Gasteiger partial charge is 0.245 e. The van der Waals surface area contributed by atoms with Crippen molar-refractivity contribution in [3.63, 3.8) is 0 Å². The first-order valence-corrected chi connectivity index (χ1v) is 4.51. The summed E-state index contributed by atoms with van der Waals surface area (Å²) in [5.41, 5.74) is 1.57. The minimum absolute atomic E-state index is 0.0163. The minimum atomic E-state index is 0.0163. The Morgan fingerprint density at radius 3 is 2.93 bits per heavy atom. The van der Waals surface area contributed by atoms with Gasteiger partial charge in [-0.15, -0.1) is 0 Å². The van der Waals surface area contributed by atoms with Crippen molar-refractivity contribution in [3.05, 3.63) is 23.5 Å². The van der Waals surface area contributed by atoms with Crippen molar-refractivity contribution in [2.75, 3.05) is 13.6 Å². The Morgan fingerprint density at radius 2 is 2.36 bits per heavy atom. The third kappa shape index (κ3) is 2.04. The summed E-state index contributed by atoms with van der Waals surface area (Å²) in [4.78, 5) is 17.2. The standard InChI is InChI=1S/C9H14BN3O/c1-3-4-12-5-7-8(11-2)6-13(10)9(7)14/h3-5,11H,6,10H2,1-2H3/b4-3+,12-5-. The first-order chi connectivity index (χ1) is 6.70. The summed E-state index contributed by atoms with van der Waals surface area (Å²) in [5, 5.41) is 3.00. The first kappa shape index (κ1) is 10.6. The fourth-order valence-corrected chi connectivity index (χ4v) is 1.28. The van der Waals surface area contributed by atoms with Gasteiger partial charge in [0.15, 0.2) is 0 Å². The fourth-order valence-electron chi connectivity index (χ4n) is 1.28. The quantitative estimate of drug-likeness (QED) is 0.480. The number of nitrogens with one attached hydrogen (secondary N) is 1. The third-order valence-electron chi connectivity index (χ3n) is 2.04. The molecular weight excluding hydrogens is 177 g/mol. The molecule has 0 atom stereocenters. The monoisotopic (exact) mass is 191 g/mol. The van der Waals surface area contributed by atoms with E-state index in [-0.39, 0.29) is 5.91 Å². The van der Waals surface area contributed by atoms with Crippen LogP contribution in [0.2, 0.25) is 0 Å². The van der Waals surface area contributed by atoms with Gasteiger partial charge in [0.05, 0.1) is 5.57 Å². The molecule has 4 nitrogen and oxygen atoms in total. The topological polar surface area (TPSA) is 44.7 Å². The molecule has 0 spiro atoms. The first-order valence-electron chi connectivity index (χ1n) is 4.51. The zero-order valence-corrected chi connectivity index (χ0v) is 8.74. The van der Waals surface area contributed by atoms with Crippen LogP contribution in [0.3, 0.4) is 0 Å². The van der Waals surface area contributed by atoms with Gasteiger partial charge in [0.25, 0.3) is 0 Å². The van der Waals surface area contributed by atoms with Crippen LogP contribution in [-0.2, 0) is 4.79 Å². The molecule has 0 bridgehead atoms. The van der Waals surface area contributed by atoms with Crippen molar-refractivity contribution in [1.29, 1.82) is 0 Å². The Balaban J connectivity index is 2.86. The maximum absolute atomic E-state index is 11.6. The van der Waals surface area contributed by atoms with E-state index in [0.717, 1.165) is 5.70 Å². The lowest BCUT2D eigenvalue weighted by molar-refractivity contribution is -0.120. The molecule has 0 aromatic rings. The van der Waals surface area contributed by atoms with Gasteiger partial charge in [-0.25, -0.2) is 0 Å². The van der Waals surface area contributed by atoms with Gasteiger partial charge >= 0.3 is 0 Å². The number of nitrogens with zero attached hydrogens (tertiary/aromatic N) is 2. The van der Waals surface area contributed by atoms with Crippen LogP contribution in [0.1, 0.15) is 6.92 Å². The summed E-state index contributed by atoms with van der Waals surface area (Å²) in [6.45, 7) is 2.51. The van der Waals surface area contributed by atoms with Crippen LogP contribution in [0.25, 0.3) is 0 Å². The van der Waals surface area contributed by atoms with E-state index >= 15 is 0 Å². The largest absolute Gasteiger partial charge is 0.389 e. The van der Waals surface area contributed by atoms with Crippen molar-refractivity contribution < 1.29 is 4.79 Å². The normalized spacial score (nSPS) is 17.9. The molecule has 14 heavy (non-hydrogen) atoms. The average molecular weight is 191 g/mol. The lowest BCUT2D eigenvalue weighted by atomic mass is 10.2. The highest BCUT2D eigenvalue weighted by Crippen LogP contribution is 2.12. The summed E-state index contributed by atoms with van der Waals surface area (Å²) < 4.78 is 0. The Hall–Kier alpha value is -1.52. The zero-order chi connectivity index (χ0) is 10.6. The number of hydrogen-bond acceptors (Lipinski definition) is 3. The van der Waals surface area contributed by atoms with E-state index in [4.69, 9.17) is 0 Å². The summed E-state index contributed by atoms with van der Waals surface area (Å²) in [5.74, 6) is 0.0163. The van der Waals surface area contributed by atoms with E-state index in [1.165, 1.54) is 0 Å². The van der Waals surface area contributed by atoms with Gasteiger partial charge in [0.2, 0.25) is 13.9 Å². The fraction of sp³-hybridized carbons (Fsp3) is 0.333. The second-order valence-corrected chi connectivity index (χ2v) is 3.06. The van der Waals surface area contributed by atoms with Crippen LogP contribution in [-0.4, -0.2) is 38.5 Å². The SMILES string of the molecule is BN1CC(NC)=C(/C=N\C=C\C)C1=O. The van der Waals surface area contributed by atoms with Gasteiger partial charge in [-0.3, -0.25) is 9.79 Å². The summed E-state index contributed by atoms with van der Waals surface area (Å²) in [6.07, 6.45) is 5.07. The molecule has 0 fully saturated rings. The van der Waals surface area contributed by atoms with Crippen molar-refractivity contribution >= 4 is 20.1 Å². The molecule has 0 aromatic carbocycles. The molecule has 0 saturated carbocycles. The summed E-state index contributed by atoms with van der Waals surface area (Å²) in [7, 11) is 3.58. The third-order valence-corrected chi connectivity index (χ3v) is 2.04. The van der Waals surface area contributed by atoms with Gasteiger partial charge in [0, 0.05) is 31.7 Å². The maximum atomic E-state index is 11.6. The summed E-state index contributed by atoms with van der Waals surface area (Å²) >= 11 is 0. The summed E-state index contributed by atoms with van der Waals surface area (Å²) in [6, 6.07) is 0. The number of aliphatic imine (C=N–C) groups is 1. The molecule has 0 aromatic heterocycles. The Morgan fingerprint density at radius 1 is 1.64 bits per heavy atom. The second kappa shape index (κ2) is 4.65. The molecule has 1 rings (SSSR count). The highest BCUT2D eigenvalue weighted by atomic mass is 16.2.